The van der Waals surface area contributed by atoms with E-state index in [1.807, 2.05) is 0 Å². The number of hydrogen-bond acceptors (Lipinski definition) is 16. The first-order valence-electron chi connectivity index (χ1n) is 26.2. The maximum absolute atomic E-state index is 14.6. The molecular weight excluding hydrogens is 1090 g/mol. The number of urea groups is 1. The van der Waals surface area contributed by atoms with Crippen molar-refractivity contribution in [1.29, 1.82) is 0 Å². The molecule has 0 saturated carbocycles. The number of carbonyl (C=O) groups is 10. The van der Waals surface area contributed by atoms with Gasteiger partial charge in [-0.3, -0.25) is 34.3 Å². The van der Waals surface area contributed by atoms with Gasteiger partial charge in [0.25, 0.3) is 5.91 Å². The van der Waals surface area contributed by atoms with Crippen molar-refractivity contribution in [2.45, 2.75) is 69.0 Å². The summed E-state index contributed by atoms with van der Waals surface area (Å²) < 4.78 is 28.0. The number of primary amides is 1. The number of thioether (sulfide) groups is 1. The fourth-order valence-electron chi connectivity index (χ4n) is 9.07. The van der Waals surface area contributed by atoms with E-state index < -0.39 is 114 Å². The van der Waals surface area contributed by atoms with Crippen molar-refractivity contribution >= 4 is 77.3 Å². The van der Waals surface area contributed by atoms with Gasteiger partial charge in [-0.15, -0.1) is 11.8 Å². The van der Waals surface area contributed by atoms with Crippen LogP contribution in [0.25, 0.3) is 0 Å². The number of nitrogens with zero attached hydrogens (tertiary/aromatic N) is 3. The number of β-lactam (4-membered cyclic amide) rings is 1. The molecule has 6 N–H and O–H groups in total. The van der Waals surface area contributed by atoms with Gasteiger partial charge in [-0.2, -0.15) is 0 Å². The molecule has 0 spiro atoms. The van der Waals surface area contributed by atoms with E-state index in [1.165, 1.54) is 29.2 Å². The quantitative estimate of drug-likeness (QED) is 0.0275. The largest absolute Gasteiger partial charge is 0.451 e. The second-order valence-electron chi connectivity index (χ2n) is 20.0. The lowest BCUT2D eigenvalue weighted by atomic mass is 10.00. The van der Waals surface area contributed by atoms with Gasteiger partial charge in [0, 0.05) is 36.6 Å². The number of nitrogens with one attached hydrogen (secondary N) is 4. The van der Waals surface area contributed by atoms with E-state index in [1.54, 1.807) is 149 Å². The van der Waals surface area contributed by atoms with Gasteiger partial charge in [0.2, 0.25) is 5.91 Å². The third-order valence-corrected chi connectivity index (χ3v) is 14.4. The zero-order valence-corrected chi connectivity index (χ0v) is 46.3. The lowest BCUT2D eigenvalue weighted by Crippen LogP contribution is -2.71. The van der Waals surface area contributed by atoms with E-state index in [9.17, 15) is 47.9 Å². The minimum atomic E-state index is -1.66. The van der Waals surface area contributed by atoms with Crippen molar-refractivity contribution < 1.29 is 71.6 Å². The molecule has 3 aliphatic rings. The molecule has 9 amide bonds. The molecule has 1 unspecified atom stereocenters. The van der Waals surface area contributed by atoms with E-state index in [4.69, 9.17) is 29.4 Å². The first kappa shape index (κ1) is 59.4. The van der Waals surface area contributed by atoms with Crippen molar-refractivity contribution in [3.63, 3.8) is 0 Å². The van der Waals surface area contributed by atoms with E-state index in [0.29, 0.717) is 27.2 Å². The fraction of sp³-hybridized carbons (Fsp3) is 0.288. The van der Waals surface area contributed by atoms with Gasteiger partial charge in [-0.1, -0.05) is 133 Å². The molecule has 24 heteroatoms. The Hall–Kier alpha value is -9.71. The normalized spacial score (nSPS) is 16.6. The standard InChI is InChI=1S/C59H60N8O15S/c1-5-65-30-31-66(51(71)50(65)70)56(75)64-43(48(68)63-44-49(69)67-45(40(32-78-55(60)74)34-83-52(44)67)54(73)81-47(38-22-14-8-15-23-38)39-24-16-9-17-25-39)35-26-28-41(29-27-35)61-57(76)79-33-42(62-58(77)82-59(2,3)4)53(72)80-46(36-18-10-6-11-19-36)37-20-12-7-13-21-37/h6-29,42-44,46-47,52H,5,30-34H2,1-4H3,(H2,60,74)(H,61,76)(H,62,77)(H,63,68)(H,64,75)/t42?,43-,44-,52-/m1/s1. The predicted molar refractivity (Wildman–Crippen MR) is 299 cm³/mol. The molecule has 4 atom stereocenters. The highest BCUT2D eigenvalue weighted by Gasteiger charge is 2.55. The number of ether oxygens (including phenoxy) is 5. The predicted octanol–water partition coefficient (Wildman–Crippen LogP) is 5.98. The highest BCUT2D eigenvalue weighted by Crippen LogP contribution is 2.42. The van der Waals surface area contributed by atoms with E-state index in [2.05, 4.69) is 21.3 Å². The van der Waals surface area contributed by atoms with Crippen molar-refractivity contribution in [1.82, 2.24) is 30.7 Å². The van der Waals surface area contributed by atoms with Crippen LogP contribution in [0.1, 0.15) is 73.8 Å². The number of rotatable bonds is 19. The highest BCUT2D eigenvalue weighted by molar-refractivity contribution is 8.00. The summed E-state index contributed by atoms with van der Waals surface area (Å²) in [7, 11) is 0. The fourth-order valence-corrected chi connectivity index (χ4v) is 10.4. The number of imide groups is 1. The lowest BCUT2D eigenvalue weighted by molar-refractivity contribution is -0.155. The molecule has 432 valence electrons. The molecule has 5 aromatic carbocycles. The van der Waals surface area contributed by atoms with Crippen LogP contribution in [0.15, 0.2) is 157 Å². The number of esters is 2. The van der Waals surface area contributed by atoms with Crippen LogP contribution < -0.4 is 27.0 Å². The maximum Gasteiger partial charge on any atom is 0.411 e. The van der Waals surface area contributed by atoms with Crippen molar-refractivity contribution in [2.24, 2.45) is 5.73 Å². The first-order chi connectivity index (χ1) is 39.8. The van der Waals surface area contributed by atoms with Crippen LogP contribution in [0.4, 0.5) is 24.9 Å². The average molecular weight is 1150 g/mol. The Bertz CT molecular complexity index is 3180. The van der Waals surface area contributed by atoms with Crippen LogP contribution in [-0.4, -0.2) is 136 Å². The molecule has 0 aromatic heterocycles. The Morgan fingerprint density at radius 1 is 0.663 bits per heavy atom. The molecule has 0 radical (unpaired) electrons. The second-order valence-corrected chi connectivity index (χ2v) is 21.1. The number of likely N-dealkylation sites (N-methyl/N-ethyl adjacent to an activating group) is 1. The number of amides is 9. The van der Waals surface area contributed by atoms with E-state index in [0.717, 1.165) is 16.7 Å². The smallest absolute Gasteiger partial charge is 0.411 e. The molecule has 5 aromatic rings. The monoisotopic (exact) mass is 1150 g/mol. The maximum atomic E-state index is 14.6. The second kappa shape index (κ2) is 26.7. The number of hydrogen-bond donors (Lipinski definition) is 5. The number of carbonyl (C=O) groups excluding carboxylic acids is 10. The Morgan fingerprint density at radius 3 is 1.72 bits per heavy atom. The summed E-state index contributed by atoms with van der Waals surface area (Å²) >= 11 is 1.13. The summed E-state index contributed by atoms with van der Waals surface area (Å²) in [5.74, 6) is -5.66. The molecule has 0 aliphatic carbocycles. The minimum absolute atomic E-state index is 0.0186. The molecule has 8 rings (SSSR count). The zero-order chi connectivity index (χ0) is 59.4. The van der Waals surface area contributed by atoms with Crippen LogP contribution in [0.3, 0.4) is 0 Å². The van der Waals surface area contributed by atoms with E-state index >= 15 is 0 Å². The van der Waals surface area contributed by atoms with Crippen LogP contribution in [0.2, 0.25) is 0 Å². The summed E-state index contributed by atoms with van der Waals surface area (Å²) in [6.45, 7) is 5.39. The van der Waals surface area contributed by atoms with Crippen molar-refractivity contribution in [3.05, 3.63) is 185 Å². The number of fused-ring (bicyclic) bond motifs is 1. The number of alkyl carbamates (subject to hydrolysis) is 1. The van der Waals surface area contributed by atoms with Gasteiger partial charge >= 0.3 is 48.1 Å². The summed E-state index contributed by atoms with van der Waals surface area (Å²) in [6.07, 6.45) is -5.06. The molecule has 2 fully saturated rings. The number of anilines is 1. The first-order valence-corrected chi connectivity index (χ1v) is 27.3. The van der Waals surface area contributed by atoms with Gasteiger partial charge < -0.3 is 50.3 Å². The number of nitrogens with two attached hydrogens (primary N) is 1. The van der Waals surface area contributed by atoms with Gasteiger partial charge in [-0.25, -0.2) is 28.8 Å². The Balaban J connectivity index is 0.996. The third-order valence-electron chi connectivity index (χ3n) is 13.1. The number of benzene rings is 5. The zero-order valence-electron chi connectivity index (χ0n) is 45.5. The van der Waals surface area contributed by atoms with Gasteiger partial charge in [0.1, 0.15) is 42.0 Å². The molecular formula is C59H60N8O15S. The van der Waals surface area contributed by atoms with Crippen LogP contribution in [0, 0.1) is 0 Å². The van der Waals surface area contributed by atoms with Gasteiger partial charge in [-0.05, 0) is 67.6 Å². The molecule has 3 heterocycles. The Kier molecular flexibility index (Phi) is 19.1. The van der Waals surface area contributed by atoms with Crippen LogP contribution in [-0.2, 0) is 52.5 Å². The molecule has 3 aliphatic heterocycles. The molecule has 2 saturated heterocycles. The Labute approximate surface area is 481 Å². The van der Waals surface area contributed by atoms with Crippen molar-refractivity contribution in [3.8, 4) is 0 Å². The summed E-state index contributed by atoms with van der Waals surface area (Å²) in [4.78, 5) is 138. The molecule has 0 bridgehead atoms. The van der Waals surface area contributed by atoms with Gasteiger partial charge in [0.15, 0.2) is 18.2 Å². The lowest BCUT2D eigenvalue weighted by Gasteiger charge is -2.50. The van der Waals surface area contributed by atoms with E-state index in [-0.39, 0.29) is 47.9 Å². The summed E-state index contributed by atoms with van der Waals surface area (Å²) in [6, 6.07) is 35.3. The highest BCUT2D eigenvalue weighted by atomic mass is 32.2. The minimum Gasteiger partial charge on any atom is -0.451 e. The van der Waals surface area contributed by atoms with Crippen LogP contribution >= 0.6 is 11.8 Å². The van der Waals surface area contributed by atoms with Crippen LogP contribution in [0.5, 0.6) is 0 Å². The summed E-state index contributed by atoms with van der Waals surface area (Å²) in [5.41, 5.74) is 6.96. The number of piperazine rings is 1. The topological polar surface area (TPSA) is 301 Å². The van der Waals surface area contributed by atoms with Gasteiger partial charge in [0.05, 0.1) is 0 Å². The average Bonchev–Trinajstić information content (AvgIpc) is 1.83. The SMILES string of the molecule is CCN1CCN(C(=O)N[C@@H](C(=O)N[C@@H]2C(=O)N3C(C(=O)OC(c4ccccc4)c4ccccc4)=C(COC(N)=O)CS[C@H]23)c2ccc(NC(=O)OCC(NC(=O)OC(C)(C)C)C(=O)OC(c3ccccc3)c3ccccc3)cc2)C(=O)C1=O. The van der Waals surface area contributed by atoms with Crippen molar-refractivity contribution in [2.75, 3.05) is 43.9 Å². The Morgan fingerprint density at radius 2 is 1.20 bits per heavy atom. The molecule has 83 heavy (non-hydrogen) atoms. The summed E-state index contributed by atoms with van der Waals surface area (Å²) in [5, 5.41) is 9.20. The third kappa shape index (κ3) is 14.8. The molecule has 23 nitrogen and oxygen atoms in total.